The molecule has 2 nitrogen and oxygen atoms in total. The highest BCUT2D eigenvalue weighted by Gasteiger charge is 2.04. The summed E-state index contributed by atoms with van der Waals surface area (Å²) in [5.41, 5.74) is 2.73. The lowest BCUT2D eigenvalue weighted by molar-refractivity contribution is 0.308. The fraction of sp³-hybridized carbons (Fsp3) is 0.625. The van der Waals surface area contributed by atoms with Gasteiger partial charge >= 0.3 is 0 Å². The Morgan fingerprint density at radius 2 is 2.00 bits per heavy atom. The second-order valence-electron chi connectivity index (χ2n) is 5.13. The summed E-state index contributed by atoms with van der Waals surface area (Å²) in [6.07, 6.45) is 2.25. The third kappa shape index (κ3) is 5.09. The van der Waals surface area contributed by atoms with Gasteiger partial charge in [0.2, 0.25) is 0 Å². The SMILES string of the molecule is CCCNCCCOc1ccc(C(C)C)c(C)c1. The maximum Gasteiger partial charge on any atom is 0.119 e. The molecular weight excluding hydrogens is 222 g/mol. The van der Waals surface area contributed by atoms with Gasteiger partial charge < -0.3 is 10.1 Å². The first-order chi connectivity index (χ1) is 8.65. The predicted molar refractivity (Wildman–Crippen MR) is 78.5 cm³/mol. The van der Waals surface area contributed by atoms with Crippen molar-refractivity contribution in [3.63, 3.8) is 0 Å². The Kier molecular flexibility index (Phi) is 6.81. The monoisotopic (exact) mass is 249 g/mol. The van der Waals surface area contributed by atoms with Crippen LogP contribution in [0.5, 0.6) is 5.75 Å². The Labute approximate surface area is 112 Å². The van der Waals surface area contributed by atoms with Gasteiger partial charge in [0, 0.05) is 0 Å². The summed E-state index contributed by atoms with van der Waals surface area (Å²) in [5, 5.41) is 3.38. The number of hydrogen-bond acceptors (Lipinski definition) is 2. The van der Waals surface area contributed by atoms with Crippen molar-refractivity contribution in [2.75, 3.05) is 19.7 Å². The summed E-state index contributed by atoms with van der Waals surface area (Å²) in [7, 11) is 0. The second-order valence-corrected chi connectivity index (χ2v) is 5.13. The van der Waals surface area contributed by atoms with Gasteiger partial charge in [-0.05, 0) is 62.0 Å². The Morgan fingerprint density at radius 1 is 1.22 bits per heavy atom. The van der Waals surface area contributed by atoms with Crippen molar-refractivity contribution in [2.45, 2.75) is 46.5 Å². The highest BCUT2D eigenvalue weighted by atomic mass is 16.5. The smallest absolute Gasteiger partial charge is 0.119 e. The molecule has 0 amide bonds. The molecule has 0 radical (unpaired) electrons. The molecule has 0 bridgehead atoms. The van der Waals surface area contributed by atoms with Gasteiger partial charge in [-0.2, -0.15) is 0 Å². The minimum Gasteiger partial charge on any atom is -0.494 e. The number of nitrogens with one attached hydrogen (secondary N) is 1. The van der Waals surface area contributed by atoms with Gasteiger partial charge in [-0.25, -0.2) is 0 Å². The van der Waals surface area contributed by atoms with Crippen LogP contribution in [-0.2, 0) is 0 Å². The topological polar surface area (TPSA) is 21.3 Å². The molecule has 1 aromatic carbocycles. The quantitative estimate of drug-likeness (QED) is 0.706. The van der Waals surface area contributed by atoms with Crippen LogP contribution in [0.4, 0.5) is 0 Å². The summed E-state index contributed by atoms with van der Waals surface area (Å²) in [5.74, 6) is 1.57. The summed E-state index contributed by atoms with van der Waals surface area (Å²) >= 11 is 0. The van der Waals surface area contributed by atoms with E-state index in [1.807, 2.05) is 0 Å². The van der Waals surface area contributed by atoms with Gasteiger partial charge in [0.15, 0.2) is 0 Å². The van der Waals surface area contributed by atoms with E-state index in [0.29, 0.717) is 5.92 Å². The predicted octanol–water partition coefficient (Wildman–Crippen LogP) is 3.89. The maximum atomic E-state index is 5.76. The molecule has 1 rings (SSSR count). The third-order valence-electron chi connectivity index (χ3n) is 3.06. The van der Waals surface area contributed by atoms with E-state index in [1.165, 1.54) is 17.5 Å². The number of hydrogen-bond donors (Lipinski definition) is 1. The van der Waals surface area contributed by atoms with Crippen molar-refractivity contribution in [2.24, 2.45) is 0 Å². The van der Waals surface area contributed by atoms with E-state index in [4.69, 9.17) is 4.74 Å². The van der Waals surface area contributed by atoms with Crippen molar-refractivity contribution >= 4 is 0 Å². The van der Waals surface area contributed by atoms with Crippen LogP contribution in [0.3, 0.4) is 0 Å². The third-order valence-corrected chi connectivity index (χ3v) is 3.06. The van der Waals surface area contributed by atoms with Crippen molar-refractivity contribution in [3.05, 3.63) is 29.3 Å². The molecule has 0 unspecified atom stereocenters. The van der Waals surface area contributed by atoms with Crippen LogP contribution in [-0.4, -0.2) is 19.7 Å². The van der Waals surface area contributed by atoms with Crippen LogP contribution >= 0.6 is 0 Å². The number of rotatable bonds is 8. The minimum atomic E-state index is 0.581. The molecule has 0 aliphatic heterocycles. The first-order valence-electron chi connectivity index (χ1n) is 7.09. The average molecular weight is 249 g/mol. The van der Waals surface area contributed by atoms with Crippen LogP contribution in [0, 0.1) is 6.92 Å². The Morgan fingerprint density at radius 3 is 2.61 bits per heavy atom. The molecule has 1 aromatic rings. The van der Waals surface area contributed by atoms with E-state index in [9.17, 15) is 0 Å². The number of benzene rings is 1. The summed E-state index contributed by atoms with van der Waals surface area (Å²) < 4.78 is 5.76. The summed E-state index contributed by atoms with van der Waals surface area (Å²) in [6, 6.07) is 6.42. The van der Waals surface area contributed by atoms with Crippen LogP contribution < -0.4 is 10.1 Å². The zero-order valence-electron chi connectivity index (χ0n) is 12.3. The van der Waals surface area contributed by atoms with Gasteiger partial charge in [-0.3, -0.25) is 0 Å². The highest BCUT2D eigenvalue weighted by Crippen LogP contribution is 2.23. The fourth-order valence-corrected chi connectivity index (χ4v) is 2.07. The Balaban J connectivity index is 2.33. The van der Waals surface area contributed by atoms with E-state index in [0.717, 1.165) is 31.9 Å². The molecule has 0 aromatic heterocycles. The molecule has 0 aliphatic carbocycles. The van der Waals surface area contributed by atoms with Crippen molar-refractivity contribution in [1.29, 1.82) is 0 Å². The van der Waals surface area contributed by atoms with Crippen LogP contribution in [0.2, 0.25) is 0 Å². The van der Waals surface area contributed by atoms with Gasteiger partial charge in [0.1, 0.15) is 5.75 Å². The molecule has 1 N–H and O–H groups in total. The van der Waals surface area contributed by atoms with E-state index in [2.05, 4.69) is 51.2 Å². The molecule has 0 saturated carbocycles. The van der Waals surface area contributed by atoms with E-state index in [-0.39, 0.29) is 0 Å². The van der Waals surface area contributed by atoms with E-state index >= 15 is 0 Å². The molecule has 0 heterocycles. The first kappa shape index (κ1) is 15.0. The molecule has 2 heteroatoms. The largest absolute Gasteiger partial charge is 0.494 e. The number of aryl methyl sites for hydroxylation is 1. The molecule has 0 fully saturated rings. The van der Waals surface area contributed by atoms with Crippen molar-refractivity contribution in [1.82, 2.24) is 5.32 Å². The normalized spacial score (nSPS) is 10.9. The van der Waals surface area contributed by atoms with Crippen molar-refractivity contribution in [3.8, 4) is 5.75 Å². The fourth-order valence-electron chi connectivity index (χ4n) is 2.07. The van der Waals surface area contributed by atoms with Crippen LogP contribution in [0.15, 0.2) is 18.2 Å². The average Bonchev–Trinajstić information content (AvgIpc) is 2.33. The van der Waals surface area contributed by atoms with Gasteiger partial charge in [-0.15, -0.1) is 0 Å². The molecule has 0 aliphatic rings. The lowest BCUT2D eigenvalue weighted by Gasteiger charge is -2.12. The minimum absolute atomic E-state index is 0.581. The zero-order valence-corrected chi connectivity index (χ0v) is 12.3. The lowest BCUT2D eigenvalue weighted by Crippen LogP contribution is -2.18. The second kappa shape index (κ2) is 8.15. The van der Waals surface area contributed by atoms with Crippen LogP contribution in [0.25, 0.3) is 0 Å². The molecule has 102 valence electrons. The molecule has 0 spiro atoms. The van der Waals surface area contributed by atoms with E-state index < -0.39 is 0 Å². The first-order valence-corrected chi connectivity index (χ1v) is 7.09. The van der Waals surface area contributed by atoms with E-state index in [1.54, 1.807) is 0 Å². The molecule has 18 heavy (non-hydrogen) atoms. The zero-order chi connectivity index (χ0) is 13.4. The Bertz CT molecular complexity index is 347. The summed E-state index contributed by atoms with van der Waals surface area (Å²) in [6.45, 7) is 11.7. The standard InChI is InChI=1S/C16H27NO/c1-5-9-17-10-6-11-18-15-7-8-16(13(2)3)14(4)12-15/h7-8,12-13,17H,5-6,9-11H2,1-4H3. The molecule has 0 saturated heterocycles. The van der Waals surface area contributed by atoms with Gasteiger partial charge in [0.25, 0.3) is 0 Å². The number of ether oxygens (including phenoxy) is 1. The molecular formula is C16H27NO. The van der Waals surface area contributed by atoms with Gasteiger partial charge in [-0.1, -0.05) is 26.8 Å². The summed E-state index contributed by atoms with van der Waals surface area (Å²) in [4.78, 5) is 0. The lowest BCUT2D eigenvalue weighted by atomic mass is 9.98. The van der Waals surface area contributed by atoms with Gasteiger partial charge in [0.05, 0.1) is 6.61 Å². The molecule has 0 atom stereocenters. The highest BCUT2D eigenvalue weighted by molar-refractivity contribution is 5.36. The maximum absolute atomic E-state index is 5.76. The van der Waals surface area contributed by atoms with Crippen molar-refractivity contribution < 1.29 is 4.74 Å². The van der Waals surface area contributed by atoms with Crippen LogP contribution in [0.1, 0.15) is 50.7 Å². The Hall–Kier alpha value is -1.02.